The number of ketones is 1. The second kappa shape index (κ2) is 6.78. The van der Waals surface area contributed by atoms with E-state index in [0.29, 0.717) is 11.3 Å². The van der Waals surface area contributed by atoms with E-state index < -0.39 is 10.8 Å². The zero-order valence-electron chi connectivity index (χ0n) is 10.2. The van der Waals surface area contributed by atoms with Crippen LogP contribution in [0.4, 0.5) is 0 Å². The van der Waals surface area contributed by atoms with Crippen LogP contribution in [0, 0.1) is 0 Å². The fourth-order valence-electron chi connectivity index (χ4n) is 1.70. The van der Waals surface area contributed by atoms with E-state index in [1.54, 1.807) is 18.2 Å². The molecule has 0 saturated heterocycles. The molecule has 0 heterocycles. The van der Waals surface area contributed by atoms with E-state index in [4.69, 9.17) is 0 Å². The molecule has 1 atom stereocenters. The van der Waals surface area contributed by atoms with Gasteiger partial charge in [0, 0.05) is 26.6 Å². The molecular formula is C15H13BrO2S. The Morgan fingerprint density at radius 2 is 1.79 bits per heavy atom. The molecule has 0 radical (unpaired) electrons. The monoisotopic (exact) mass is 336 g/mol. The first-order chi connectivity index (χ1) is 9.15. The maximum atomic E-state index is 12.0. The molecule has 2 rings (SSSR count). The van der Waals surface area contributed by atoms with Crippen molar-refractivity contribution in [2.45, 2.75) is 5.75 Å². The molecule has 0 aromatic heterocycles. The Bertz CT molecular complexity index is 596. The molecule has 2 aromatic rings. The van der Waals surface area contributed by atoms with Crippen molar-refractivity contribution in [2.75, 3.05) is 5.75 Å². The molecule has 0 amide bonds. The maximum Gasteiger partial charge on any atom is 0.175 e. The van der Waals surface area contributed by atoms with Gasteiger partial charge >= 0.3 is 0 Å². The van der Waals surface area contributed by atoms with Gasteiger partial charge in [-0.2, -0.15) is 0 Å². The van der Waals surface area contributed by atoms with Gasteiger partial charge in [-0.1, -0.05) is 58.4 Å². The van der Waals surface area contributed by atoms with Crippen LogP contribution in [0.5, 0.6) is 0 Å². The summed E-state index contributed by atoms with van der Waals surface area (Å²) < 4.78 is 12.8. The highest BCUT2D eigenvalue weighted by Crippen LogP contribution is 2.13. The lowest BCUT2D eigenvalue weighted by atomic mass is 10.2. The summed E-state index contributed by atoms with van der Waals surface area (Å²) in [5, 5.41) is 0. The highest BCUT2D eigenvalue weighted by atomic mass is 79.9. The second-order valence-electron chi connectivity index (χ2n) is 4.15. The van der Waals surface area contributed by atoms with E-state index in [0.717, 1.165) is 10.0 Å². The van der Waals surface area contributed by atoms with Gasteiger partial charge in [-0.05, 0) is 17.7 Å². The van der Waals surface area contributed by atoms with E-state index >= 15 is 0 Å². The van der Waals surface area contributed by atoms with Gasteiger partial charge in [0.2, 0.25) is 0 Å². The first-order valence-corrected chi connectivity index (χ1v) is 8.11. The summed E-state index contributed by atoms with van der Waals surface area (Å²) in [4.78, 5) is 12.0. The van der Waals surface area contributed by atoms with Crippen LogP contribution in [-0.2, 0) is 16.6 Å². The SMILES string of the molecule is O=C(CS(=O)Cc1ccccc1)c1cccc(Br)c1. The van der Waals surface area contributed by atoms with Crippen molar-refractivity contribution in [3.63, 3.8) is 0 Å². The molecule has 0 aliphatic carbocycles. The minimum absolute atomic E-state index is 0.0609. The van der Waals surface area contributed by atoms with Crippen molar-refractivity contribution in [1.82, 2.24) is 0 Å². The van der Waals surface area contributed by atoms with Gasteiger partial charge in [-0.15, -0.1) is 0 Å². The third kappa shape index (κ3) is 4.40. The quantitative estimate of drug-likeness (QED) is 0.782. The van der Waals surface area contributed by atoms with Gasteiger partial charge < -0.3 is 0 Å². The highest BCUT2D eigenvalue weighted by molar-refractivity contribution is 9.10. The molecule has 0 saturated carbocycles. The summed E-state index contributed by atoms with van der Waals surface area (Å²) in [7, 11) is -1.17. The first-order valence-electron chi connectivity index (χ1n) is 5.83. The van der Waals surface area contributed by atoms with Gasteiger partial charge in [-0.25, -0.2) is 0 Å². The molecule has 0 aliphatic heterocycles. The summed E-state index contributed by atoms with van der Waals surface area (Å²) in [5.41, 5.74) is 1.58. The van der Waals surface area contributed by atoms with Gasteiger partial charge in [0.05, 0.1) is 5.75 Å². The van der Waals surface area contributed by atoms with E-state index in [9.17, 15) is 9.00 Å². The Morgan fingerprint density at radius 3 is 2.47 bits per heavy atom. The van der Waals surface area contributed by atoms with Crippen LogP contribution in [0.1, 0.15) is 15.9 Å². The Balaban J connectivity index is 1.98. The Labute approximate surface area is 123 Å². The number of carbonyl (C=O) groups is 1. The van der Waals surface area contributed by atoms with Crippen LogP contribution in [0.15, 0.2) is 59.1 Å². The molecule has 0 aliphatic rings. The topological polar surface area (TPSA) is 34.1 Å². The summed E-state index contributed by atoms with van der Waals surface area (Å²) in [6.07, 6.45) is 0. The van der Waals surface area contributed by atoms with Gasteiger partial charge in [0.1, 0.15) is 0 Å². The molecule has 0 fully saturated rings. The fraction of sp³-hybridized carbons (Fsp3) is 0.133. The van der Waals surface area contributed by atoms with Crippen molar-refractivity contribution in [1.29, 1.82) is 0 Å². The predicted molar refractivity (Wildman–Crippen MR) is 81.6 cm³/mol. The van der Waals surface area contributed by atoms with Crippen LogP contribution in [0.3, 0.4) is 0 Å². The standard InChI is InChI=1S/C15H13BrO2S/c16-14-8-4-7-13(9-14)15(17)11-19(18)10-12-5-2-1-3-6-12/h1-9H,10-11H2. The molecule has 19 heavy (non-hydrogen) atoms. The summed E-state index contributed by atoms with van der Waals surface area (Å²) in [6, 6.07) is 16.7. The highest BCUT2D eigenvalue weighted by Gasteiger charge is 2.11. The molecule has 1 unspecified atom stereocenters. The minimum atomic E-state index is -1.17. The second-order valence-corrected chi connectivity index (χ2v) is 6.52. The van der Waals surface area contributed by atoms with E-state index in [2.05, 4.69) is 15.9 Å². The van der Waals surface area contributed by atoms with E-state index in [-0.39, 0.29) is 11.5 Å². The zero-order chi connectivity index (χ0) is 13.7. The normalized spacial score (nSPS) is 12.1. The average molecular weight is 337 g/mol. The molecule has 98 valence electrons. The predicted octanol–water partition coefficient (Wildman–Crippen LogP) is 3.58. The van der Waals surface area contributed by atoms with Crippen molar-refractivity contribution in [3.8, 4) is 0 Å². The Hall–Kier alpha value is -1.26. The lowest BCUT2D eigenvalue weighted by molar-refractivity contribution is 0.102. The summed E-state index contributed by atoms with van der Waals surface area (Å²) in [6.45, 7) is 0. The Kier molecular flexibility index (Phi) is 5.05. The van der Waals surface area contributed by atoms with Crippen LogP contribution < -0.4 is 0 Å². The van der Waals surface area contributed by atoms with Crippen LogP contribution in [-0.4, -0.2) is 15.7 Å². The first kappa shape index (κ1) is 14.2. The minimum Gasteiger partial charge on any atom is -0.293 e. The van der Waals surface area contributed by atoms with Gasteiger partial charge in [0.15, 0.2) is 5.78 Å². The third-order valence-corrected chi connectivity index (χ3v) is 4.34. The molecule has 2 aromatic carbocycles. The number of Topliss-reactive ketones (excluding diaryl/α,β-unsaturated/α-hetero) is 1. The molecule has 0 N–H and O–H groups in total. The summed E-state index contributed by atoms with van der Waals surface area (Å²) >= 11 is 3.32. The largest absolute Gasteiger partial charge is 0.293 e. The van der Waals surface area contributed by atoms with Crippen molar-refractivity contribution < 1.29 is 9.00 Å². The molecule has 0 spiro atoms. The zero-order valence-corrected chi connectivity index (χ0v) is 12.6. The number of rotatable bonds is 5. The molecule has 2 nitrogen and oxygen atoms in total. The fourth-order valence-corrected chi connectivity index (χ4v) is 3.23. The van der Waals surface area contributed by atoms with Crippen molar-refractivity contribution >= 4 is 32.5 Å². The van der Waals surface area contributed by atoms with Crippen LogP contribution in [0.2, 0.25) is 0 Å². The maximum absolute atomic E-state index is 12.0. The molecule has 0 bridgehead atoms. The van der Waals surface area contributed by atoms with Gasteiger partial charge in [0.25, 0.3) is 0 Å². The number of carbonyl (C=O) groups excluding carboxylic acids is 1. The third-order valence-electron chi connectivity index (χ3n) is 2.61. The number of hydrogen-bond donors (Lipinski definition) is 0. The molecular weight excluding hydrogens is 324 g/mol. The number of hydrogen-bond acceptors (Lipinski definition) is 2. The van der Waals surface area contributed by atoms with Crippen LogP contribution >= 0.6 is 15.9 Å². The van der Waals surface area contributed by atoms with Crippen molar-refractivity contribution in [2.24, 2.45) is 0 Å². The Morgan fingerprint density at radius 1 is 1.05 bits per heavy atom. The summed E-state index contributed by atoms with van der Waals surface area (Å²) in [5.74, 6) is 0.391. The van der Waals surface area contributed by atoms with Crippen LogP contribution in [0.25, 0.3) is 0 Å². The smallest absolute Gasteiger partial charge is 0.175 e. The lowest BCUT2D eigenvalue weighted by Gasteiger charge is -2.03. The van der Waals surface area contributed by atoms with E-state index in [1.807, 2.05) is 36.4 Å². The number of benzene rings is 2. The lowest BCUT2D eigenvalue weighted by Crippen LogP contribution is -2.12. The van der Waals surface area contributed by atoms with E-state index in [1.165, 1.54) is 0 Å². The van der Waals surface area contributed by atoms with Gasteiger partial charge in [-0.3, -0.25) is 9.00 Å². The average Bonchev–Trinajstić information content (AvgIpc) is 2.39. The molecule has 4 heteroatoms. The van der Waals surface area contributed by atoms with Crippen molar-refractivity contribution in [3.05, 3.63) is 70.2 Å². The number of halogens is 1.